The summed E-state index contributed by atoms with van der Waals surface area (Å²) in [6.07, 6.45) is 4.70. The molecule has 1 heterocycles. The fourth-order valence-corrected chi connectivity index (χ4v) is 3.32. The van der Waals surface area contributed by atoms with Gasteiger partial charge in [0.2, 0.25) is 0 Å². The van der Waals surface area contributed by atoms with Crippen LogP contribution in [0.25, 0.3) is 16.0 Å². The van der Waals surface area contributed by atoms with Crippen LogP contribution in [0, 0.1) is 0 Å². The van der Waals surface area contributed by atoms with Crippen LogP contribution in [-0.4, -0.2) is 44.9 Å². The number of aliphatic hydroxyl groups excluding tert-OH is 1. The highest BCUT2D eigenvalue weighted by Crippen LogP contribution is 2.36. The molecule has 0 aliphatic rings. The molecule has 1 aromatic carbocycles. The molecule has 1 aromatic heterocycles. The quantitative estimate of drug-likeness (QED) is 0.504. The average Bonchev–Trinajstić information content (AvgIpc) is 3.18. The first-order chi connectivity index (χ1) is 13.4. The average molecular weight is 403 g/mol. The van der Waals surface area contributed by atoms with E-state index in [0.29, 0.717) is 11.3 Å². The van der Waals surface area contributed by atoms with Crippen molar-refractivity contribution in [2.24, 2.45) is 0 Å². The minimum Gasteiger partial charge on any atom is -0.504 e. The van der Waals surface area contributed by atoms with E-state index in [-0.39, 0.29) is 11.5 Å². The maximum absolute atomic E-state index is 10.5. The first-order valence-electron chi connectivity index (χ1n) is 8.58. The van der Waals surface area contributed by atoms with Crippen molar-refractivity contribution >= 4 is 22.8 Å². The number of aromatic nitrogens is 1. The molecule has 0 unspecified atom stereocenters. The Morgan fingerprint density at radius 3 is 2.32 bits per heavy atom. The predicted octanol–water partition coefficient (Wildman–Crippen LogP) is 4.83. The molecule has 2 rings (SSSR count). The van der Waals surface area contributed by atoms with Gasteiger partial charge in [-0.1, -0.05) is 12.1 Å². The van der Waals surface area contributed by atoms with E-state index in [1.165, 1.54) is 32.0 Å². The van der Waals surface area contributed by atoms with Crippen LogP contribution >= 0.6 is 11.5 Å². The van der Waals surface area contributed by atoms with Crippen LogP contribution in [0.3, 0.4) is 0 Å². The first-order valence-corrected chi connectivity index (χ1v) is 9.35. The zero-order valence-electron chi connectivity index (χ0n) is 17.0. The SMILES string of the molecule is CO/C=C(OC)/C(O)=C\C(=C(/C)OC)c1cnsc1-c1ccc(N(C)C)cc1. The molecular weight excluding hydrogens is 376 g/mol. The van der Waals surface area contributed by atoms with Gasteiger partial charge < -0.3 is 24.2 Å². The molecule has 0 saturated heterocycles. The van der Waals surface area contributed by atoms with Crippen molar-refractivity contribution in [3.05, 3.63) is 65.6 Å². The molecule has 2 aromatic rings. The largest absolute Gasteiger partial charge is 0.504 e. The fraction of sp³-hybridized carbons (Fsp3) is 0.286. The summed E-state index contributed by atoms with van der Waals surface area (Å²) in [4.78, 5) is 3.03. The number of aliphatic hydroxyl groups is 1. The highest BCUT2D eigenvalue weighted by atomic mass is 32.1. The summed E-state index contributed by atoms with van der Waals surface area (Å²) in [7, 11) is 8.55. The molecule has 6 nitrogen and oxygen atoms in total. The Kier molecular flexibility index (Phi) is 7.52. The van der Waals surface area contributed by atoms with E-state index < -0.39 is 0 Å². The summed E-state index contributed by atoms with van der Waals surface area (Å²) >= 11 is 1.39. The van der Waals surface area contributed by atoms with Crippen LogP contribution in [0.4, 0.5) is 5.69 Å². The lowest BCUT2D eigenvalue weighted by Gasteiger charge is -2.13. The molecule has 0 amide bonds. The number of hydrogen-bond acceptors (Lipinski definition) is 7. The third-order valence-corrected chi connectivity index (χ3v) is 5.02. The molecule has 0 fully saturated rings. The van der Waals surface area contributed by atoms with Crippen molar-refractivity contribution in [2.45, 2.75) is 6.92 Å². The molecule has 150 valence electrons. The van der Waals surface area contributed by atoms with Crippen molar-refractivity contribution in [1.82, 2.24) is 4.37 Å². The summed E-state index contributed by atoms with van der Waals surface area (Å²) in [5.41, 5.74) is 3.73. The first kappa shape index (κ1) is 21.4. The van der Waals surface area contributed by atoms with Gasteiger partial charge in [0.1, 0.15) is 12.0 Å². The second-order valence-electron chi connectivity index (χ2n) is 6.14. The Hall–Kier alpha value is -2.93. The molecule has 0 radical (unpaired) electrons. The van der Waals surface area contributed by atoms with Crippen LogP contribution in [-0.2, 0) is 14.2 Å². The molecule has 0 aliphatic heterocycles. The number of benzene rings is 1. The van der Waals surface area contributed by atoms with Gasteiger partial charge in [-0.25, -0.2) is 0 Å². The van der Waals surface area contributed by atoms with Gasteiger partial charge in [0.25, 0.3) is 0 Å². The van der Waals surface area contributed by atoms with Gasteiger partial charge in [-0.15, -0.1) is 0 Å². The van der Waals surface area contributed by atoms with Crippen LogP contribution < -0.4 is 4.90 Å². The van der Waals surface area contributed by atoms with Gasteiger partial charge in [-0.3, -0.25) is 0 Å². The number of anilines is 1. The highest BCUT2D eigenvalue weighted by Gasteiger charge is 2.17. The van der Waals surface area contributed by atoms with Gasteiger partial charge in [-0.2, -0.15) is 4.37 Å². The van der Waals surface area contributed by atoms with Crippen LogP contribution in [0.5, 0.6) is 0 Å². The number of allylic oxidation sites excluding steroid dienone is 3. The van der Waals surface area contributed by atoms with Crippen LogP contribution in [0.2, 0.25) is 0 Å². The lowest BCUT2D eigenvalue weighted by atomic mass is 10.0. The summed E-state index contributed by atoms with van der Waals surface area (Å²) in [5, 5.41) is 10.5. The molecule has 1 N–H and O–H groups in total. The van der Waals surface area contributed by atoms with Crippen LogP contribution in [0.1, 0.15) is 12.5 Å². The Morgan fingerprint density at radius 1 is 1.11 bits per heavy atom. The number of rotatable bonds is 8. The maximum atomic E-state index is 10.5. The standard InChI is InChI=1S/C21H26N2O4S/c1-14(26-5)17(11-19(24)20(27-6)13-25-4)18-12-22-28-21(18)15-7-9-16(10-8-15)23(2)3/h7-13,24H,1-6H3/b17-14-,19-11+,20-13-. The van der Waals surface area contributed by atoms with Crippen molar-refractivity contribution in [1.29, 1.82) is 0 Å². The Bertz CT molecular complexity index is 880. The molecule has 28 heavy (non-hydrogen) atoms. The summed E-state index contributed by atoms with van der Waals surface area (Å²) in [6, 6.07) is 8.23. The third kappa shape index (κ3) is 4.86. The monoisotopic (exact) mass is 402 g/mol. The molecule has 0 atom stereocenters. The van der Waals surface area contributed by atoms with E-state index in [0.717, 1.165) is 21.7 Å². The van der Waals surface area contributed by atoms with E-state index in [1.54, 1.807) is 19.4 Å². The van der Waals surface area contributed by atoms with Crippen molar-refractivity contribution < 1.29 is 19.3 Å². The summed E-state index contributed by atoms with van der Waals surface area (Å²) < 4.78 is 19.9. The fourth-order valence-electron chi connectivity index (χ4n) is 2.56. The van der Waals surface area contributed by atoms with Gasteiger partial charge in [0.15, 0.2) is 11.5 Å². The van der Waals surface area contributed by atoms with Crippen molar-refractivity contribution in [3.63, 3.8) is 0 Å². The van der Waals surface area contributed by atoms with Gasteiger partial charge in [0, 0.05) is 37.1 Å². The second-order valence-corrected chi connectivity index (χ2v) is 6.94. The van der Waals surface area contributed by atoms with E-state index in [2.05, 4.69) is 28.6 Å². The Balaban J connectivity index is 2.54. The zero-order chi connectivity index (χ0) is 20.7. The van der Waals surface area contributed by atoms with E-state index in [4.69, 9.17) is 14.2 Å². The minimum atomic E-state index is -0.0733. The lowest BCUT2D eigenvalue weighted by Crippen LogP contribution is -2.07. The van der Waals surface area contributed by atoms with Gasteiger partial charge in [0.05, 0.1) is 26.2 Å². The minimum absolute atomic E-state index is 0.0733. The molecule has 0 spiro atoms. The third-order valence-electron chi connectivity index (χ3n) is 4.17. The number of nitrogens with zero attached hydrogens (tertiary/aromatic N) is 2. The smallest absolute Gasteiger partial charge is 0.195 e. The molecular formula is C21H26N2O4S. The topological polar surface area (TPSA) is 64.0 Å². The molecule has 0 bridgehead atoms. The second kappa shape index (κ2) is 9.85. The zero-order valence-corrected chi connectivity index (χ0v) is 17.8. The number of ether oxygens (including phenoxy) is 3. The molecule has 0 aliphatic carbocycles. The van der Waals surface area contributed by atoms with E-state index in [1.807, 2.05) is 25.9 Å². The molecule has 7 heteroatoms. The van der Waals surface area contributed by atoms with Gasteiger partial charge in [-0.05, 0) is 42.2 Å². The van der Waals surface area contributed by atoms with Gasteiger partial charge >= 0.3 is 0 Å². The van der Waals surface area contributed by atoms with Crippen molar-refractivity contribution in [3.8, 4) is 10.4 Å². The molecule has 0 saturated carbocycles. The highest BCUT2D eigenvalue weighted by molar-refractivity contribution is 7.09. The number of methoxy groups -OCH3 is 3. The van der Waals surface area contributed by atoms with E-state index in [9.17, 15) is 5.11 Å². The Morgan fingerprint density at radius 2 is 1.79 bits per heavy atom. The summed E-state index contributed by atoms with van der Waals surface area (Å²) in [6.45, 7) is 1.84. The Labute approximate surface area is 170 Å². The predicted molar refractivity (Wildman–Crippen MR) is 114 cm³/mol. The summed E-state index contributed by atoms with van der Waals surface area (Å²) in [5.74, 6) is 0.783. The van der Waals surface area contributed by atoms with Crippen molar-refractivity contribution in [2.75, 3.05) is 40.3 Å². The van der Waals surface area contributed by atoms with E-state index >= 15 is 0 Å². The lowest BCUT2D eigenvalue weighted by molar-refractivity contribution is 0.226. The number of hydrogen-bond donors (Lipinski definition) is 1. The van der Waals surface area contributed by atoms with Crippen LogP contribution in [0.15, 0.2) is 60.1 Å². The normalized spacial score (nSPS) is 13.1. The maximum Gasteiger partial charge on any atom is 0.195 e.